The highest BCUT2D eigenvalue weighted by atomic mass is 16.6. The molecule has 0 saturated carbocycles. The fraction of sp³-hybridized carbons (Fsp3) is 0.182. The van der Waals surface area contributed by atoms with Crippen LogP contribution in [0.3, 0.4) is 0 Å². The summed E-state index contributed by atoms with van der Waals surface area (Å²) in [7, 11) is 3.01. The van der Waals surface area contributed by atoms with Gasteiger partial charge >= 0.3 is 23.1 Å². The number of hydrogen-bond donors (Lipinski definition) is 1. The van der Waals surface area contributed by atoms with Crippen LogP contribution in [0.4, 0.5) is 23.1 Å². The molecule has 0 fully saturated rings. The van der Waals surface area contributed by atoms with E-state index in [2.05, 4.69) is 20.4 Å². The fourth-order valence-corrected chi connectivity index (χ4v) is 1.57. The van der Waals surface area contributed by atoms with Gasteiger partial charge in [0.1, 0.15) is 6.20 Å². The number of nitro groups is 4. The fourth-order valence-electron chi connectivity index (χ4n) is 1.57. The molecule has 3 heterocycles. The average Bonchev–Trinajstić information content (AvgIpc) is 3.35. The minimum absolute atomic E-state index is 0.0787. The zero-order valence-electron chi connectivity index (χ0n) is 14.7. The molecule has 0 spiro atoms. The summed E-state index contributed by atoms with van der Waals surface area (Å²) in [5, 5.41) is 52.5. The smallest absolute Gasteiger partial charge is 0.358 e. The molecular weight excluding hydrogens is 400 g/mol. The standard InChI is InChI=1S/C4H4N4O4.C4H5N3O2.C3H3N3O2/c1-6-2-3(7(9)10)4(5-6)8(11)12;1-6-3-2-4(5-6)7(8)9;7-6(8)3-1-2-4-5-3/h2H,1H3;2-3H,1H3;1-2H,(H,4,5). The molecule has 1 N–H and O–H groups in total. The lowest BCUT2D eigenvalue weighted by Gasteiger charge is -1.85. The quantitative estimate of drug-likeness (QED) is 0.466. The number of aromatic nitrogens is 6. The normalized spacial score (nSPS) is 9.45. The summed E-state index contributed by atoms with van der Waals surface area (Å²) in [5.74, 6) is -0.926. The third-order valence-electron chi connectivity index (χ3n) is 2.73. The van der Waals surface area contributed by atoms with Crippen LogP contribution in [0.2, 0.25) is 0 Å². The summed E-state index contributed by atoms with van der Waals surface area (Å²) in [6.45, 7) is 0. The van der Waals surface area contributed by atoms with Crippen LogP contribution >= 0.6 is 0 Å². The second-order valence-corrected chi connectivity index (χ2v) is 4.83. The molecule has 3 rings (SSSR count). The van der Waals surface area contributed by atoms with E-state index in [0.29, 0.717) is 0 Å². The molecule has 0 bridgehead atoms. The molecule has 0 aromatic carbocycles. The zero-order valence-corrected chi connectivity index (χ0v) is 14.7. The van der Waals surface area contributed by atoms with Gasteiger partial charge in [0.25, 0.3) is 0 Å². The maximum absolute atomic E-state index is 10.2. The van der Waals surface area contributed by atoms with Crippen molar-refractivity contribution in [2.75, 3.05) is 0 Å². The van der Waals surface area contributed by atoms with Gasteiger partial charge in [0.05, 0.1) is 53.7 Å². The summed E-state index contributed by atoms with van der Waals surface area (Å²) in [6.07, 6.45) is 3.84. The maximum atomic E-state index is 10.2. The van der Waals surface area contributed by atoms with Crippen molar-refractivity contribution in [3.05, 3.63) is 71.2 Å². The van der Waals surface area contributed by atoms with Crippen LogP contribution in [0.5, 0.6) is 0 Å². The SMILES string of the molecule is Cn1cc([N+](=O)[O-])c([N+](=O)[O-])n1.Cn1ccc([N+](=O)[O-])n1.O=[N+]([O-])c1ccn[nH]1. The Balaban J connectivity index is 0.000000223. The molecule has 154 valence electrons. The van der Waals surface area contributed by atoms with Gasteiger partial charge < -0.3 is 30.3 Å². The van der Waals surface area contributed by atoms with Gasteiger partial charge in [-0.2, -0.15) is 9.36 Å². The average molecular weight is 412 g/mol. The lowest BCUT2D eigenvalue weighted by molar-refractivity contribution is -0.424. The lowest BCUT2D eigenvalue weighted by atomic mass is 10.5. The predicted octanol–water partition coefficient (Wildman–Crippen LogP) is 0.883. The Morgan fingerprint density at radius 2 is 1.52 bits per heavy atom. The summed E-state index contributed by atoms with van der Waals surface area (Å²) in [5.41, 5.74) is -0.595. The van der Waals surface area contributed by atoms with Gasteiger partial charge in [-0.25, -0.2) is 0 Å². The van der Waals surface area contributed by atoms with Crippen molar-refractivity contribution in [2.24, 2.45) is 14.1 Å². The second kappa shape index (κ2) is 9.80. The lowest BCUT2D eigenvalue weighted by Crippen LogP contribution is -1.94. The number of hydrogen-bond acceptors (Lipinski definition) is 11. The Labute approximate surface area is 159 Å². The van der Waals surface area contributed by atoms with Gasteiger partial charge in [-0.15, -0.1) is 5.10 Å². The minimum atomic E-state index is -0.891. The van der Waals surface area contributed by atoms with Gasteiger partial charge in [-0.3, -0.25) is 10.1 Å². The zero-order chi connectivity index (χ0) is 22.1. The predicted molar refractivity (Wildman–Crippen MR) is 91.6 cm³/mol. The van der Waals surface area contributed by atoms with Crippen molar-refractivity contribution in [1.82, 2.24) is 29.8 Å². The van der Waals surface area contributed by atoms with Crippen molar-refractivity contribution in [1.29, 1.82) is 0 Å². The summed E-state index contributed by atoms with van der Waals surface area (Å²) < 4.78 is 2.41. The largest absolute Gasteiger partial charge is 0.467 e. The first-order valence-corrected chi connectivity index (χ1v) is 7.13. The third kappa shape index (κ3) is 6.80. The van der Waals surface area contributed by atoms with Crippen molar-refractivity contribution >= 4 is 23.1 Å². The summed E-state index contributed by atoms with van der Waals surface area (Å²) >= 11 is 0. The van der Waals surface area contributed by atoms with Gasteiger partial charge in [0.2, 0.25) is 0 Å². The van der Waals surface area contributed by atoms with E-state index in [1.807, 2.05) is 0 Å². The molecular formula is C11H12N10O8. The molecule has 0 aliphatic carbocycles. The van der Waals surface area contributed by atoms with Crippen LogP contribution in [0.1, 0.15) is 0 Å². The number of aromatic amines is 1. The maximum Gasteiger partial charge on any atom is 0.467 e. The van der Waals surface area contributed by atoms with E-state index in [0.717, 1.165) is 10.9 Å². The monoisotopic (exact) mass is 412 g/mol. The number of H-pyrrole nitrogens is 1. The Morgan fingerprint density at radius 1 is 0.862 bits per heavy atom. The first kappa shape index (κ1) is 22.3. The Morgan fingerprint density at radius 3 is 1.79 bits per heavy atom. The van der Waals surface area contributed by atoms with E-state index in [9.17, 15) is 40.5 Å². The molecule has 0 radical (unpaired) electrons. The number of rotatable bonds is 4. The van der Waals surface area contributed by atoms with Gasteiger partial charge in [0, 0.05) is 0 Å². The van der Waals surface area contributed by atoms with Crippen LogP contribution in [-0.4, -0.2) is 49.5 Å². The van der Waals surface area contributed by atoms with Crippen LogP contribution in [0.25, 0.3) is 0 Å². The number of nitrogens with zero attached hydrogens (tertiary/aromatic N) is 9. The molecule has 0 aliphatic heterocycles. The van der Waals surface area contributed by atoms with Gasteiger partial charge in [-0.1, -0.05) is 5.10 Å². The van der Waals surface area contributed by atoms with Crippen molar-refractivity contribution < 1.29 is 19.7 Å². The second-order valence-electron chi connectivity index (χ2n) is 4.83. The topological polar surface area (TPSA) is 237 Å². The molecule has 18 nitrogen and oxygen atoms in total. The van der Waals surface area contributed by atoms with E-state index < -0.39 is 31.2 Å². The van der Waals surface area contributed by atoms with Crippen molar-refractivity contribution in [2.45, 2.75) is 0 Å². The molecule has 0 aliphatic rings. The first-order valence-electron chi connectivity index (χ1n) is 7.13. The molecule has 0 saturated heterocycles. The van der Waals surface area contributed by atoms with Gasteiger partial charge in [-0.05, 0) is 14.8 Å². The van der Waals surface area contributed by atoms with Crippen LogP contribution in [-0.2, 0) is 14.1 Å². The van der Waals surface area contributed by atoms with E-state index >= 15 is 0 Å². The molecule has 18 heteroatoms. The van der Waals surface area contributed by atoms with E-state index in [1.165, 1.54) is 36.3 Å². The Hall–Kier alpha value is -4.77. The number of nitrogens with one attached hydrogen (secondary N) is 1. The Bertz CT molecular complexity index is 975. The highest BCUT2D eigenvalue weighted by Gasteiger charge is 2.29. The molecule has 3 aromatic rings. The van der Waals surface area contributed by atoms with Crippen LogP contribution < -0.4 is 0 Å². The van der Waals surface area contributed by atoms with E-state index in [1.54, 1.807) is 7.05 Å². The molecule has 0 atom stereocenters. The molecule has 29 heavy (non-hydrogen) atoms. The minimum Gasteiger partial charge on any atom is -0.358 e. The highest BCUT2D eigenvalue weighted by Crippen LogP contribution is 2.22. The molecule has 0 unspecified atom stereocenters. The summed E-state index contributed by atoms with van der Waals surface area (Å²) in [4.78, 5) is 37.3. The van der Waals surface area contributed by atoms with Gasteiger partial charge in [0.15, 0.2) is 0 Å². The summed E-state index contributed by atoms with van der Waals surface area (Å²) in [6, 6.07) is 2.64. The van der Waals surface area contributed by atoms with Crippen molar-refractivity contribution in [3.63, 3.8) is 0 Å². The van der Waals surface area contributed by atoms with Crippen LogP contribution in [0, 0.1) is 40.5 Å². The van der Waals surface area contributed by atoms with E-state index in [4.69, 9.17) is 0 Å². The Kier molecular flexibility index (Phi) is 7.52. The van der Waals surface area contributed by atoms with Crippen LogP contribution in [0.15, 0.2) is 30.7 Å². The van der Waals surface area contributed by atoms with E-state index in [-0.39, 0.29) is 11.6 Å². The van der Waals surface area contributed by atoms with Crippen molar-refractivity contribution in [3.8, 4) is 0 Å². The third-order valence-corrected chi connectivity index (χ3v) is 2.73. The highest BCUT2D eigenvalue weighted by molar-refractivity contribution is 5.44. The molecule has 0 amide bonds. The molecule has 3 aromatic heterocycles. The number of aryl methyl sites for hydroxylation is 2. The first-order chi connectivity index (χ1) is 13.5.